The Kier molecular flexibility index (Phi) is 3.35. The zero-order valence-corrected chi connectivity index (χ0v) is 11.0. The van der Waals surface area contributed by atoms with Crippen molar-refractivity contribution in [1.29, 1.82) is 0 Å². The van der Waals surface area contributed by atoms with E-state index < -0.39 is 0 Å². The highest BCUT2D eigenvalue weighted by Crippen LogP contribution is 2.24. The van der Waals surface area contributed by atoms with E-state index in [0.717, 1.165) is 16.5 Å². The molecule has 1 aliphatic carbocycles. The molecule has 3 rings (SSSR count). The molecule has 0 aliphatic heterocycles. The quantitative estimate of drug-likeness (QED) is 0.890. The number of rotatable bonds is 4. The van der Waals surface area contributed by atoms with Crippen molar-refractivity contribution in [3.63, 3.8) is 0 Å². The number of nitrogens with zero attached hydrogens (tertiary/aromatic N) is 1. The summed E-state index contributed by atoms with van der Waals surface area (Å²) in [6.45, 7) is 0. The van der Waals surface area contributed by atoms with Crippen molar-refractivity contribution in [1.82, 2.24) is 10.3 Å². The van der Waals surface area contributed by atoms with Gasteiger partial charge in [0.2, 0.25) is 5.91 Å². The van der Waals surface area contributed by atoms with Crippen LogP contribution in [0.15, 0.2) is 28.2 Å². The number of amides is 1. The van der Waals surface area contributed by atoms with Gasteiger partial charge in [0.25, 0.3) is 0 Å². The number of aliphatic hydroxyl groups is 1. The molecule has 100 valence electrons. The Balaban J connectivity index is 1.56. The highest BCUT2D eigenvalue weighted by molar-refractivity contribution is 7.13. The number of aliphatic hydroxyl groups excluding tert-OH is 1. The summed E-state index contributed by atoms with van der Waals surface area (Å²) in [6.07, 6.45) is 2.92. The van der Waals surface area contributed by atoms with Crippen LogP contribution in [0.3, 0.4) is 0 Å². The van der Waals surface area contributed by atoms with Crippen molar-refractivity contribution in [3.8, 4) is 10.8 Å². The molecule has 0 saturated heterocycles. The average molecular weight is 278 g/mol. The minimum atomic E-state index is -0.255. The van der Waals surface area contributed by atoms with Crippen molar-refractivity contribution >= 4 is 17.2 Å². The summed E-state index contributed by atoms with van der Waals surface area (Å²) in [7, 11) is 0. The number of thiazole rings is 1. The summed E-state index contributed by atoms with van der Waals surface area (Å²) in [5, 5.41) is 14.7. The number of nitrogens with one attached hydrogen (secondary N) is 1. The van der Waals surface area contributed by atoms with Crippen LogP contribution in [0.2, 0.25) is 0 Å². The molecule has 1 saturated carbocycles. The Labute approximate surface area is 114 Å². The summed E-state index contributed by atoms with van der Waals surface area (Å²) >= 11 is 1.46. The molecular weight excluding hydrogens is 264 g/mol. The molecule has 0 unspecified atom stereocenters. The van der Waals surface area contributed by atoms with Crippen LogP contribution in [0.5, 0.6) is 0 Å². The molecule has 0 atom stereocenters. The molecule has 2 aromatic rings. The van der Waals surface area contributed by atoms with E-state index in [4.69, 9.17) is 9.52 Å². The number of aromatic nitrogens is 1. The lowest BCUT2D eigenvalue weighted by Gasteiger charge is -2.31. The van der Waals surface area contributed by atoms with Crippen molar-refractivity contribution < 1.29 is 14.3 Å². The topological polar surface area (TPSA) is 75.4 Å². The van der Waals surface area contributed by atoms with Gasteiger partial charge in [0.1, 0.15) is 0 Å². The van der Waals surface area contributed by atoms with E-state index in [1.165, 1.54) is 11.3 Å². The first-order chi connectivity index (χ1) is 9.20. The third-order valence-electron chi connectivity index (χ3n) is 3.10. The standard InChI is InChI=1S/C13H14N2O3S/c16-10-4-8(5-10)14-12(17)6-9-7-19-13(15-9)11-2-1-3-18-11/h1-3,7-8,10,16H,4-6H2,(H,14,17). The molecule has 0 radical (unpaired) electrons. The normalized spacial score (nSPS) is 21.9. The second-order valence-electron chi connectivity index (χ2n) is 4.69. The van der Waals surface area contributed by atoms with E-state index >= 15 is 0 Å². The maximum atomic E-state index is 11.8. The Morgan fingerprint density at radius 2 is 2.42 bits per heavy atom. The monoisotopic (exact) mass is 278 g/mol. The van der Waals surface area contributed by atoms with Crippen molar-refractivity contribution in [3.05, 3.63) is 29.5 Å². The van der Waals surface area contributed by atoms with Crippen LogP contribution >= 0.6 is 11.3 Å². The van der Waals surface area contributed by atoms with Gasteiger partial charge in [0, 0.05) is 11.4 Å². The van der Waals surface area contributed by atoms with Crippen molar-refractivity contribution in [2.24, 2.45) is 0 Å². The van der Waals surface area contributed by atoms with Gasteiger partial charge in [-0.05, 0) is 25.0 Å². The molecule has 0 aromatic carbocycles. The van der Waals surface area contributed by atoms with E-state index in [0.29, 0.717) is 12.8 Å². The van der Waals surface area contributed by atoms with Crippen molar-refractivity contribution in [2.45, 2.75) is 31.4 Å². The molecule has 1 aliphatic rings. The molecule has 6 heteroatoms. The van der Waals surface area contributed by atoms with Crippen molar-refractivity contribution in [2.75, 3.05) is 0 Å². The maximum absolute atomic E-state index is 11.8. The summed E-state index contributed by atoms with van der Waals surface area (Å²) < 4.78 is 5.26. The Morgan fingerprint density at radius 1 is 1.58 bits per heavy atom. The predicted octanol–water partition coefficient (Wildman–Crippen LogP) is 1.59. The zero-order chi connectivity index (χ0) is 13.2. The van der Waals surface area contributed by atoms with Crippen LogP contribution in [0.1, 0.15) is 18.5 Å². The third kappa shape index (κ3) is 2.85. The fourth-order valence-electron chi connectivity index (χ4n) is 2.05. The SMILES string of the molecule is O=C(Cc1csc(-c2ccco2)n1)NC1CC(O)C1. The number of hydrogen-bond donors (Lipinski definition) is 2. The second-order valence-corrected chi connectivity index (χ2v) is 5.55. The van der Waals surface area contributed by atoms with Crippen LogP contribution in [0.25, 0.3) is 10.8 Å². The first-order valence-corrected chi connectivity index (χ1v) is 7.04. The lowest BCUT2D eigenvalue weighted by atomic mass is 9.89. The third-order valence-corrected chi connectivity index (χ3v) is 4.01. The number of hydrogen-bond acceptors (Lipinski definition) is 5. The van der Waals surface area contributed by atoms with Gasteiger partial charge in [-0.25, -0.2) is 4.98 Å². The summed E-state index contributed by atoms with van der Waals surface area (Å²) in [5.41, 5.74) is 0.744. The molecule has 0 spiro atoms. The number of furan rings is 1. The molecule has 19 heavy (non-hydrogen) atoms. The molecule has 2 N–H and O–H groups in total. The van der Waals surface area contributed by atoms with Gasteiger partial charge < -0.3 is 14.8 Å². The van der Waals surface area contributed by atoms with Gasteiger partial charge in [-0.1, -0.05) is 0 Å². The second kappa shape index (κ2) is 5.14. The first-order valence-electron chi connectivity index (χ1n) is 6.16. The minimum Gasteiger partial charge on any atom is -0.462 e. The first kappa shape index (κ1) is 12.4. The summed E-state index contributed by atoms with van der Waals surface area (Å²) in [5.74, 6) is 0.673. The fourth-order valence-corrected chi connectivity index (χ4v) is 2.84. The van der Waals surface area contributed by atoms with E-state index in [-0.39, 0.29) is 24.5 Å². The lowest BCUT2D eigenvalue weighted by molar-refractivity contribution is -0.122. The smallest absolute Gasteiger partial charge is 0.226 e. The van der Waals surface area contributed by atoms with Crippen LogP contribution < -0.4 is 5.32 Å². The van der Waals surface area contributed by atoms with E-state index in [1.54, 1.807) is 6.26 Å². The largest absolute Gasteiger partial charge is 0.462 e. The van der Waals surface area contributed by atoms with Crippen LogP contribution in [0.4, 0.5) is 0 Å². The Bertz CT molecular complexity index is 558. The summed E-state index contributed by atoms with van der Waals surface area (Å²) in [6, 6.07) is 3.77. The molecule has 1 fully saturated rings. The van der Waals surface area contributed by atoms with E-state index in [9.17, 15) is 4.79 Å². The molecule has 5 nitrogen and oxygen atoms in total. The fraction of sp³-hybridized carbons (Fsp3) is 0.385. The lowest BCUT2D eigenvalue weighted by Crippen LogP contribution is -2.47. The van der Waals surface area contributed by atoms with E-state index in [1.807, 2.05) is 17.5 Å². The molecule has 1 amide bonds. The number of carbonyl (C=O) groups excluding carboxylic acids is 1. The Hall–Kier alpha value is -1.66. The molecule has 0 bridgehead atoms. The van der Waals surface area contributed by atoms with Crippen LogP contribution in [-0.4, -0.2) is 28.1 Å². The van der Waals surface area contributed by atoms with Gasteiger partial charge in [0.15, 0.2) is 10.8 Å². The predicted molar refractivity (Wildman–Crippen MR) is 70.7 cm³/mol. The summed E-state index contributed by atoms with van der Waals surface area (Å²) in [4.78, 5) is 16.1. The van der Waals surface area contributed by atoms with Gasteiger partial charge in [-0.2, -0.15) is 0 Å². The number of carbonyl (C=O) groups is 1. The Morgan fingerprint density at radius 3 is 3.11 bits per heavy atom. The molecular formula is C13H14N2O3S. The van der Waals surface area contributed by atoms with Crippen LogP contribution in [0, 0.1) is 0 Å². The van der Waals surface area contributed by atoms with Gasteiger partial charge in [-0.15, -0.1) is 11.3 Å². The van der Waals surface area contributed by atoms with Gasteiger partial charge in [-0.3, -0.25) is 4.79 Å². The zero-order valence-electron chi connectivity index (χ0n) is 10.2. The van der Waals surface area contributed by atoms with Gasteiger partial charge >= 0.3 is 0 Å². The highest BCUT2D eigenvalue weighted by Gasteiger charge is 2.28. The minimum absolute atomic E-state index is 0.0480. The van der Waals surface area contributed by atoms with Crippen LogP contribution in [-0.2, 0) is 11.2 Å². The van der Waals surface area contributed by atoms with Gasteiger partial charge in [0.05, 0.1) is 24.5 Å². The molecule has 2 aromatic heterocycles. The highest BCUT2D eigenvalue weighted by atomic mass is 32.1. The average Bonchev–Trinajstić information content (AvgIpc) is 2.96. The maximum Gasteiger partial charge on any atom is 0.226 e. The van der Waals surface area contributed by atoms with E-state index in [2.05, 4.69) is 10.3 Å². The molecule has 2 heterocycles.